The van der Waals surface area contributed by atoms with Crippen molar-refractivity contribution in [1.29, 1.82) is 0 Å². The molecular weight excluding hydrogens is 448 g/mol. The van der Waals surface area contributed by atoms with E-state index in [-0.39, 0.29) is 11.9 Å². The van der Waals surface area contributed by atoms with E-state index in [1.807, 2.05) is 61.7 Å². The number of benzene rings is 1. The topological polar surface area (TPSA) is 97.0 Å². The molecule has 5 rings (SSSR count). The first-order chi connectivity index (χ1) is 16.5. The van der Waals surface area contributed by atoms with Crippen LogP contribution in [-0.4, -0.2) is 33.4 Å². The number of aromatic nitrogens is 3. The van der Waals surface area contributed by atoms with Crippen LogP contribution in [0.1, 0.15) is 39.9 Å². The van der Waals surface area contributed by atoms with Crippen LogP contribution in [0.15, 0.2) is 47.8 Å². The SMILES string of the molecule is CCOC(=O)c1c(C)[nH]c(/C=C2\C(=O)Nc3ccc(-c4csc(-c5ccccc5)n4)nc32)c1C. The lowest BCUT2D eigenvalue weighted by Gasteiger charge is -2.03. The van der Waals surface area contributed by atoms with Crippen molar-refractivity contribution in [3.63, 3.8) is 0 Å². The summed E-state index contributed by atoms with van der Waals surface area (Å²) in [7, 11) is 0. The molecule has 0 saturated carbocycles. The van der Waals surface area contributed by atoms with Crippen LogP contribution in [0, 0.1) is 13.8 Å². The molecule has 0 saturated heterocycles. The van der Waals surface area contributed by atoms with E-state index in [0.29, 0.717) is 46.2 Å². The zero-order chi connectivity index (χ0) is 23.8. The largest absolute Gasteiger partial charge is 0.462 e. The lowest BCUT2D eigenvalue weighted by Crippen LogP contribution is -2.06. The van der Waals surface area contributed by atoms with Gasteiger partial charge >= 0.3 is 5.97 Å². The van der Waals surface area contributed by atoms with Crippen LogP contribution in [0.4, 0.5) is 5.69 Å². The number of hydrogen-bond donors (Lipinski definition) is 2. The van der Waals surface area contributed by atoms with Gasteiger partial charge in [-0.25, -0.2) is 14.8 Å². The molecule has 3 aromatic heterocycles. The molecule has 8 heteroatoms. The fraction of sp³-hybridized carbons (Fsp3) is 0.154. The summed E-state index contributed by atoms with van der Waals surface area (Å²) in [5, 5.41) is 5.74. The Bertz CT molecular complexity index is 1450. The zero-order valence-electron chi connectivity index (χ0n) is 18.9. The summed E-state index contributed by atoms with van der Waals surface area (Å²) in [4.78, 5) is 37.8. The van der Waals surface area contributed by atoms with Crippen LogP contribution in [0.25, 0.3) is 33.6 Å². The Hall–Kier alpha value is -4.04. The first-order valence-electron chi connectivity index (χ1n) is 10.9. The summed E-state index contributed by atoms with van der Waals surface area (Å²) in [5.41, 5.74) is 6.70. The van der Waals surface area contributed by atoms with Crippen LogP contribution in [0.2, 0.25) is 0 Å². The number of anilines is 1. The van der Waals surface area contributed by atoms with Crippen molar-refractivity contribution < 1.29 is 14.3 Å². The number of pyridine rings is 1. The highest BCUT2D eigenvalue weighted by atomic mass is 32.1. The third kappa shape index (κ3) is 3.82. The van der Waals surface area contributed by atoms with Crippen molar-refractivity contribution in [2.45, 2.75) is 20.8 Å². The number of nitrogens with one attached hydrogen (secondary N) is 2. The van der Waals surface area contributed by atoms with Gasteiger partial charge in [0.1, 0.15) is 16.4 Å². The van der Waals surface area contributed by atoms with Gasteiger partial charge in [0.05, 0.1) is 29.1 Å². The maximum atomic E-state index is 12.8. The number of amides is 1. The Morgan fingerprint density at radius 2 is 1.88 bits per heavy atom. The lowest BCUT2D eigenvalue weighted by atomic mass is 10.1. The molecule has 1 aliphatic heterocycles. The number of fused-ring (bicyclic) bond motifs is 1. The Morgan fingerprint density at radius 1 is 1.09 bits per heavy atom. The monoisotopic (exact) mass is 470 g/mol. The van der Waals surface area contributed by atoms with Gasteiger partial charge in [-0.15, -0.1) is 11.3 Å². The second-order valence-electron chi connectivity index (χ2n) is 7.89. The van der Waals surface area contributed by atoms with Gasteiger partial charge in [0.2, 0.25) is 0 Å². The number of nitrogens with zero attached hydrogens (tertiary/aromatic N) is 2. The molecule has 1 amide bonds. The molecule has 0 radical (unpaired) electrons. The molecule has 7 nitrogen and oxygen atoms in total. The van der Waals surface area contributed by atoms with Gasteiger partial charge in [-0.05, 0) is 44.5 Å². The van der Waals surface area contributed by atoms with Crippen LogP contribution in [-0.2, 0) is 9.53 Å². The first-order valence-corrected chi connectivity index (χ1v) is 11.8. The number of esters is 1. The third-order valence-corrected chi connectivity index (χ3v) is 6.57. The minimum Gasteiger partial charge on any atom is -0.462 e. The minimum atomic E-state index is -0.382. The molecule has 2 N–H and O–H groups in total. The Kier molecular flexibility index (Phi) is 5.59. The van der Waals surface area contributed by atoms with Gasteiger partial charge in [0.25, 0.3) is 5.91 Å². The highest BCUT2D eigenvalue weighted by Gasteiger charge is 2.28. The van der Waals surface area contributed by atoms with Gasteiger partial charge in [-0.3, -0.25) is 4.79 Å². The quantitative estimate of drug-likeness (QED) is 0.297. The fourth-order valence-corrected chi connectivity index (χ4v) is 4.84. The van der Waals surface area contributed by atoms with E-state index in [9.17, 15) is 9.59 Å². The summed E-state index contributed by atoms with van der Waals surface area (Å²) >= 11 is 1.55. The summed E-state index contributed by atoms with van der Waals surface area (Å²) in [6.07, 6.45) is 1.74. The molecule has 34 heavy (non-hydrogen) atoms. The average Bonchev–Trinajstić information content (AvgIpc) is 3.51. The van der Waals surface area contributed by atoms with Crippen LogP contribution < -0.4 is 5.32 Å². The van der Waals surface area contributed by atoms with Crippen LogP contribution >= 0.6 is 11.3 Å². The molecule has 0 fully saturated rings. The summed E-state index contributed by atoms with van der Waals surface area (Å²) in [6.45, 7) is 5.71. The number of carbonyl (C=O) groups is 2. The molecule has 4 heterocycles. The molecule has 0 aliphatic carbocycles. The van der Waals surface area contributed by atoms with Gasteiger partial charge in [0.15, 0.2) is 0 Å². The van der Waals surface area contributed by atoms with E-state index in [4.69, 9.17) is 14.7 Å². The van der Waals surface area contributed by atoms with Gasteiger partial charge < -0.3 is 15.0 Å². The summed E-state index contributed by atoms with van der Waals surface area (Å²) < 4.78 is 5.17. The Labute approximate surface area is 200 Å². The van der Waals surface area contributed by atoms with Gasteiger partial charge in [-0.2, -0.15) is 0 Å². The third-order valence-electron chi connectivity index (χ3n) is 5.67. The van der Waals surface area contributed by atoms with Crippen molar-refractivity contribution in [3.8, 4) is 22.0 Å². The van der Waals surface area contributed by atoms with Crippen molar-refractivity contribution in [2.75, 3.05) is 11.9 Å². The second kappa shape index (κ2) is 8.72. The lowest BCUT2D eigenvalue weighted by molar-refractivity contribution is -0.110. The maximum Gasteiger partial charge on any atom is 0.340 e. The smallest absolute Gasteiger partial charge is 0.340 e. The van der Waals surface area contributed by atoms with Crippen molar-refractivity contribution in [3.05, 3.63) is 76.1 Å². The van der Waals surface area contributed by atoms with Crippen molar-refractivity contribution in [1.82, 2.24) is 15.0 Å². The van der Waals surface area contributed by atoms with E-state index in [2.05, 4.69) is 10.3 Å². The number of aryl methyl sites for hydroxylation is 1. The van der Waals surface area contributed by atoms with E-state index >= 15 is 0 Å². The zero-order valence-corrected chi connectivity index (χ0v) is 19.7. The average molecular weight is 471 g/mol. The number of ether oxygens (including phenoxy) is 1. The number of H-pyrrole nitrogens is 1. The highest BCUT2D eigenvalue weighted by Crippen LogP contribution is 2.35. The van der Waals surface area contributed by atoms with Crippen molar-refractivity contribution >= 4 is 40.5 Å². The molecule has 0 atom stereocenters. The maximum absolute atomic E-state index is 12.8. The molecule has 1 aromatic carbocycles. The van der Waals surface area contributed by atoms with Gasteiger partial charge in [0, 0.05) is 22.3 Å². The van der Waals surface area contributed by atoms with E-state index in [1.165, 1.54) is 0 Å². The summed E-state index contributed by atoms with van der Waals surface area (Å²) in [6, 6.07) is 13.7. The molecule has 0 unspecified atom stereocenters. The molecule has 4 aromatic rings. The number of carbonyl (C=O) groups excluding carboxylic acids is 2. The molecule has 1 aliphatic rings. The van der Waals surface area contributed by atoms with E-state index in [1.54, 1.807) is 24.3 Å². The van der Waals surface area contributed by atoms with Crippen LogP contribution in [0.3, 0.4) is 0 Å². The number of hydrogen-bond acceptors (Lipinski definition) is 6. The number of rotatable bonds is 5. The highest BCUT2D eigenvalue weighted by molar-refractivity contribution is 7.13. The molecular formula is C26H22N4O3S. The summed E-state index contributed by atoms with van der Waals surface area (Å²) in [5.74, 6) is -0.625. The van der Waals surface area contributed by atoms with E-state index in [0.717, 1.165) is 21.8 Å². The molecule has 0 bridgehead atoms. The number of thiazole rings is 1. The normalized spacial score (nSPS) is 13.7. The van der Waals surface area contributed by atoms with E-state index < -0.39 is 0 Å². The van der Waals surface area contributed by atoms with Crippen molar-refractivity contribution in [2.24, 2.45) is 0 Å². The minimum absolute atomic E-state index is 0.243. The predicted molar refractivity (Wildman–Crippen MR) is 134 cm³/mol. The number of aromatic amines is 1. The fourth-order valence-electron chi connectivity index (χ4n) is 4.02. The second-order valence-corrected chi connectivity index (χ2v) is 8.75. The predicted octanol–water partition coefficient (Wildman–Crippen LogP) is 5.49. The molecule has 0 spiro atoms. The van der Waals surface area contributed by atoms with Crippen LogP contribution in [0.5, 0.6) is 0 Å². The molecule has 170 valence electrons. The Morgan fingerprint density at radius 3 is 2.65 bits per heavy atom. The van der Waals surface area contributed by atoms with Gasteiger partial charge in [-0.1, -0.05) is 30.3 Å². The Balaban J connectivity index is 1.52. The standard InChI is InChI=1S/C26H22N4O3S/c1-4-33-26(32)22-14(2)20(27-15(22)3)12-17-23-19(29-24(17)31)11-10-18(28-23)21-13-34-25(30-21)16-8-6-5-7-9-16/h5-13,27H,4H2,1-3H3,(H,29,31)/b17-12-. The first kappa shape index (κ1) is 21.8.